The van der Waals surface area contributed by atoms with Crippen LogP contribution in [-0.4, -0.2) is 23.2 Å². The number of nitrogens with zero attached hydrogens (tertiary/aromatic N) is 2. The lowest BCUT2D eigenvalue weighted by molar-refractivity contribution is 0.296. The fourth-order valence-corrected chi connectivity index (χ4v) is 2.62. The van der Waals surface area contributed by atoms with E-state index in [1.54, 1.807) is 0 Å². The number of para-hydroxylation sites is 1. The van der Waals surface area contributed by atoms with Crippen LogP contribution in [-0.2, 0) is 13.0 Å². The van der Waals surface area contributed by atoms with Gasteiger partial charge in [0.25, 0.3) is 0 Å². The largest absolute Gasteiger partial charge is 0.490 e. The minimum Gasteiger partial charge on any atom is -0.490 e. The van der Waals surface area contributed by atoms with Gasteiger partial charge in [0, 0.05) is 30.5 Å². The lowest BCUT2D eigenvalue weighted by atomic mass is 10.2. The Bertz CT molecular complexity index is 706. The highest BCUT2D eigenvalue weighted by molar-refractivity contribution is 6.30. The van der Waals surface area contributed by atoms with Crippen LogP contribution in [0.1, 0.15) is 30.3 Å². The van der Waals surface area contributed by atoms with E-state index in [1.165, 1.54) is 0 Å². The third-order valence-electron chi connectivity index (χ3n) is 3.75. The standard InChI is InChI=1S/C17H20ClN3O2/c1-3-14-20-16(18)11(2)17(21-14)19-10-12-6-4-7-13-15(12)23-9-5-8-22-13/h4,6-7H,3,5,8-10H2,1-2H3,(H,19,20,21). The number of benzene rings is 1. The number of hydrogen-bond acceptors (Lipinski definition) is 5. The number of nitrogens with one attached hydrogen (secondary N) is 1. The highest BCUT2D eigenvalue weighted by Gasteiger charge is 2.15. The predicted molar refractivity (Wildman–Crippen MR) is 90.5 cm³/mol. The van der Waals surface area contributed by atoms with Crippen molar-refractivity contribution in [2.75, 3.05) is 18.5 Å². The number of ether oxygens (including phenoxy) is 2. The van der Waals surface area contributed by atoms with E-state index in [9.17, 15) is 0 Å². The summed E-state index contributed by atoms with van der Waals surface area (Å²) in [7, 11) is 0. The maximum absolute atomic E-state index is 6.18. The van der Waals surface area contributed by atoms with E-state index < -0.39 is 0 Å². The molecule has 1 aliphatic rings. The van der Waals surface area contributed by atoms with Gasteiger partial charge in [-0.25, -0.2) is 9.97 Å². The summed E-state index contributed by atoms with van der Waals surface area (Å²) in [4.78, 5) is 8.78. The molecule has 0 saturated carbocycles. The van der Waals surface area contributed by atoms with Crippen molar-refractivity contribution in [1.29, 1.82) is 0 Å². The lowest BCUT2D eigenvalue weighted by Crippen LogP contribution is -2.08. The molecule has 1 aliphatic heterocycles. The highest BCUT2D eigenvalue weighted by atomic mass is 35.5. The van der Waals surface area contributed by atoms with E-state index in [2.05, 4.69) is 15.3 Å². The van der Waals surface area contributed by atoms with E-state index in [-0.39, 0.29) is 0 Å². The Labute approximate surface area is 141 Å². The van der Waals surface area contributed by atoms with Crippen molar-refractivity contribution in [3.05, 3.63) is 40.3 Å². The summed E-state index contributed by atoms with van der Waals surface area (Å²) in [5.41, 5.74) is 1.89. The first kappa shape index (κ1) is 15.9. The molecule has 3 rings (SSSR count). The van der Waals surface area contributed by atoms with Gasteiger partial charge >= 0.3 is 0 Å². The summed E-state index contributed by atoms with van der Waals surface area (Å²) in [5.74, 6) is 3.10. The van der Waals surface area contributed by atoms with Crippen LogP contribution in [0.15, 0.2) is 18.2 Å². The molecular formula is C17H20ClN3O2. The molecule has 5 nitrogen and oxygen atoms in total. The fourth-order valence-electron chi connectivity index (χ4n) is 2.44. The molecule has 1 aromatic heterocycles. The molecule has 1 aromatic carbocycles. The van der Waals surface area contributed by atoms with Crippen LogP contribution in [0.5, 0.6) is 11.5 Å². The Hall–Kier alpha value is -2.01. The number of hydrogen-bond donors (Lipinski definition) is 1. The Balaban J connectivity index is 1.83. The summed E-state index contributed by atoms with van der Waals surface area (Å²) < 4.78 is 11.6. The monoisotopic (exact) mass is 333 g/mol. The molecular weight excluding hydrogens is 314 g/mol. The van der Waals surface area contributed by atoms with Gasteiger partial charge in [0.2, 0.25) is 0 Å². The first-order chi connectivity index (χ1) is 11.2. The van der Waals surface area contributed by atoms with Gasteiger partial charge in [-0.1, -0.05) is 30.7 Å². The van der Waals surface area contributed by atoms with Crippen molar-refractivity contribution in [2.45, 2.75) is 33.2 Å². The summed E-state index contributed by atoms with van der Waals surface area (Å²) in [6, 6.07) is 5.94. The van der Waals surface area contributed by atoms with Gasteiger partial charge in [0.05, 0.1) is 13.2 Å². The summed E-state index contributed by atoms with van der Waals surface area (Å²) in [6.45, 7) is 5.86. The van der Waals surface area contributed by atoms with Crippen molar-refractivity contribution in [3.8, 4) is 11.5 Å². The second-order valence-corrected chi connectivity index (χ2v) is 5.76. The third-order valence-corrected chi connectivity index (χ3v) is 4.12. The van der Waals surface area contributed by atoms with Gasteiger partial charge in [-0.05, 0) is 13.0 Å². The Morgan fingerprint density at radius 2 is 2.04 bits per heavy atom. The maximum atomic E-state index is 6.18. The molecule has 0 bridgehead atoms. The number of halogens is 1. The molecule has 2 heterocycles. The Kier molecular flexibility index (Phi) is 4.86. The van der Waals surface area contributed by atoms with E-state index in [0.29, 0.717) is 24.9 Å². The minimum atomic E-state index is 0.492. The molecule has 0 atom stereocenters. The molecule has 0 spiro atoms. The van der Waals surface area contributed by atoms with Crippen LogP contribution >= 0.6 is 11.6 Å². The number of aryl methyl sites for hydroxylation is 1. The van der Waals surface area contributed by atoms with E-state index >= 15 is 0 Å². The molecule has 0 saturated heterocycles. The molecule has 0 unspecified atom stereocenters. The van der Waals surface area contributed by atoms with Crippen LogP contribution in [0, 0.1) is 6.92 Å². The van der Waals surface area contributed by atoms with Gasteiger partial charge in [-0.2, -0.15) is 0 Å². The number of aromatic nitrogens is 2. The molecule has 0 radical (unpaired) electrons. The third kappa shape index (κ3) is 3.50. The van der Waals surface area contributed by atoms with Gasteiger partial charge in [0.1, 0.15) is 16.8 Å². The quantitative estimate of drug-likeness (QED) is 0.863. The molecule has 2 aromatic rings. The topological polar surface area (TPSA) is 56.3 Å². The average molecular weight is 334 g/mol. The van der Waals surface area contributed by atoms with E-state index in [1.807, 2.05) is 32.0 Å². The van der Waals surface area contributed by atoms with Crippen molar-refractivity contribution < 1.29 is 9.47 Å². The van der Waals surface area contributed by atoms with Crippen LogP contribution < -0.4 is 14.8 Å². The number of rotatable bonds is 4. The number of fused-ring (bicyclic) bond motifs is 1. The van der Waals surface area contributed by atoms with Crippen molar-refractivity contribution in [1.82, 2.24) is 9.97 Å². The fraction of sp³-hybridized carbons (Fsp3) is 0.412. The van der Waals surface area contributed by atoms with E-state index in [4.69, 9.17) is 21.1 Å². The molecule has 1 N–H and O–H groups in total. The summed E-state index contributed by atoms with van der Waals surface area (Å²) in [5, 5.41) is 3.84. The molecule has 0 amide bonds. The Morgan fingerprint density at radius 1 is 1.22 bits per heavy atom. The predicted octanol–water partition coefficient (Wildman–Crippen LogP) is 3.77. The van der Waals surface area contributed by atoms with Crippen LogP contribution in [0.4, 0.5) is 5.82 Å². The SMILES string of the molecule is CCc1nc(Cl)c(C)c(NCc2cccc3c2OCCCO3)n1. The zero-order valence-electron chi connectivity index (χ0n) is 13.4. The molecule has 122 valence electrons. The summed E-state index contributed by atoms with van der Waals surface area (Å²) >= 11 is 6.18. The van der Waals surface area contributed by atoms with Gasteiger partial charge in [-0.15, -0.1) is 0 Å². The van der Waals surface area contributed by atoms with E-state index in [0.717, 1.165) is 47.1 Å². The molecule has 0 aliphatic carbocycles. The van der Waals surface area contributed by atoms with Crippen LogP contribution in [0.2, 0.25) is 5.15 Å². The van der Waals surface area contributed by atoms with Gasteiger partial charge < -0.3 is 14.8 Å². The van der Waals surface area contributed by atoms with Crippen molar-refractivity contribution >= 4 is 17.4 Å². The lowest BCUT2D eigenvalue weighted by Gasteiger charge is -2.15. The Morgan fingerprint density at radius 3 is 2.87 bits per heavy atom. The van der Waals surface area contributed by atoms with Crippen molar-refractivity contribution in [2.24, 2.45) is 0 Å². The van der Waals surface area contributed by atoms with Crippen LogP contribution in [0.25, 0.3) is 0 Å². The zero-order chi connectivity index (χ0) is 16.2. The molecule has 23 heavy (non-hydrogen) atoms. The highest BCUT2D eigenvalue weighted by Crippen LogP contribution is 2.33. The second-order valence-electron chi connectivity index (χ2n) is 5.41. The van der Waals surface area contributed by atoms with Gasteiger partial charge in [-0.3, -0.25) is 0 Å². The smallest absolute Gasteiger partial charge is 0.166 e. The minimum absolute atomic E-state index is 0.492. The summed E-state index contributed by atoms with van der Waals surface area (Å²) in [6.07, 6.45) is 1.63. The first-order valence-corrected chi connectivity index (χ1v) is 8.21. The second kappa shape index (κ2) is 7.04. The molecule has 6 heteroatoms. The first-order valence-electron chi connectivity index (χ1n) is 7.83. The zero-order valence-corrected chi connectivity index (χ0v) is 14.1. The van der Waals surface area contributed by atoms with Crippen molar-refractivity contribution in [3.63, 3.8) is 0 Å². The molecule has 0 fully saturated rings. The normalized spacial score (nSPS) is 13.5. The average Bonchev–Trinajstić information content (AvgIpc) is 2.81. The maximum Gasteiger partial charge on any atom is 0.166 e. The van der Waals surface area contributed by atoms with Gasteiger partial charge in [0.15, 0.2) is 11.5 Å². The number of anilines is 1. The van der Waals surface area contributed by atoms with Crippen LogP contribution in [0.3, 0.4) is 0 Å².